The lowest BCUT2D eigenvalue weighted by molar-refractivity contribution is -0.137. The lowest BCUT2D eigenvalue weighted by Crippen LogP contribution is -2.47. The minimum atomic E-state index is 0.0519. The Labute approximate surface area is 115 Å². The summed E-state index contributed by atoms with van der Waals surface area (Å²) in [7, 11) is 0. The zero-order valence-electron chi connectivity index (χ0n) is 11.9. The Morgan fingerprint density at radius 3 is 2.79 bits per heavy atom. The first-order chi connectivity index (χ1) is 9.10. The molecule has 0 aromatic heterocycles. The first-order valence-electron chi connectivity index (χ1n) is 7.35. The molecule has 1 spiro atoms. The highest BCUT2D eigenvalue weighted by Gasteiger charge is 2.44. The number of hydrogen-bond acceptors (Lipinski definition) is 2. The van der Waals surface area contributed by atoms with Crippen molar-refractivity contribution in [1.29, 1.82) is 0 Å². The molecule has 1 aliphatic carbocycles. The highest BCUT2D eigenvalue weighted by atomic mass is 16.5. The molecule has 1 atom stereocenters. The second-order valence-corrected chi connectivity index (χ2v) is 6.26. The second-order valence-electron chi connectivity index (χ2n) is 6.26. The van der Waals surface area contributed by atoms with Crippen LogP contribution < -0.4 is 0 Å². The van der Waals surface area contributed by atoms with Gasteiger partial charge in [0.2, 0.25) is 0 Å². The molecule has 2 aliphatic rings. The van der Waals surface area contributed by atoms with Gasteiger partial charge >= 0.3 is 0 Å². The van der Waals surface area contributed by atoms with E-state index in [-0.39, 0.29) is 11.5 Å². The molecule has 0 radical (unpaired) electrons. The van der Waals surface area contributed by atoms with Crippen LogP contribution in [0.3, 0.4) is 0 Å². The Balaban J connectivity index is 1.81. The number of carbonyl (C=O) groups is 1. The molecule has 2 nitrogen and oxygen atoms in total. The molecule has 1 unspecified atom stereocenters. The van der Waals surface area contributed by atoms with Crippen molar-refractivity contribution in [2.45, 2.75) is 51.6 Å². The van der Waals surface area contributed by atoms with Gasteiger partial charge in [0.05, 0.1) is 5.60 Å². The fraction of sp³-hybridized carbons (Fsp3) is 0.588. The van der Waals surface area contributed by atoms with Crippen LogP contribution in [0.2, 0.25) is 0 Å². The van der Waals surface area contributed by atoms with Gasteiger partial charge in [0.25, 0.3) is 0 Å². The molecule has 2 fully saturated rings. The molecular weight excluding hydrogens is 236 g/mol. The van der Waals surface area contributed by atoms with Crippen LogP contribution in [-0.2, 0) is 4.74 Å². The van der Waals surface area contributed by atoms with E-state index in [1.165, 1.54) is 12.0 Å². The SMILES string of the molecule is Cc1ccc(C)c(C(=O)C2CCOC3(CCC3)C2)c1. The van der Waals surface area contributed by atoms with Crippen molar-refractivity contribution in [3.8, 4) is 0 Å². The number of ketones is 1. The maximum absolute atomic E-state index is 12.7. The Kier molecular flexibility index (Phi) is 3.22. The Bertz CT molecular complexity index is 500. The van der Waals surface area contributed by atoms with Crippen LogP contribution in [0.25, 0.3) is 0 Å². The molecule has 1 aromatic rings. The minimum Gasteiger partial charge on any atom is -0.375 e. The standard InChI is InChI=1S/C17H22O2/c1-12-4-5-13(2)15(10-12)16(18)14-6-9-19-17(11-14)7-3-8-17/h4-5,10,14H,3,6-9,11H2,1-2H3. The molecule has 1 aliphatic heterocycles. The first-order valence-corrected chi connectivity index (χ1v) is 7.35. The van der Waals surface area contributed by atoms with E-state index >= 15 is 0 Å². The van der Waals surface area contributed by atoms with Gasteiger partial charge in [0.15, 0.2) is 5.78 Å². The van der Waals surface area contributed by atoms with Crippen LogP contribution in [0.1, 0.15) is 53.6 Å². The molecule has 1 saturated carbocycles. The molecular formula is C17H22O2. The summed E-state index contributed by atoms with van der Waals surface area (Å²) in [6, 6.07) is 6.17. The zero-order valence-corrected chi connectivity index (χ0v) is 11.9. The maximum atomic E-state index is 12.7. The van der Waals surface area contributed by atoms with Gasteiger partial charge in [-0.1, -0.05) is 17.7 Å². The maximum Gasteiger partial charge on any atom is 0.166 e. The molecule has 102 valence electrons. The quantitative estimate of drug-likeness (QED) is 0.753. The van der Waals surface area contributed by atoms with Crippen molar-refractivity contribution in [3.63, 3.8) is 0 Å². The van der Waals surface area contributed by atoms with Crippen LogP contribution >= 0.6 is 0 Å². The van der Waals surface area contributed by atoms with Crippen LogP contribution in [-0.4, -0.2) is 18.0 Å². The third-order valence-electron chi connectivity index (χ3n) is 4.79. The smallest absolute Gasteiger partial charge is 0.166 e. The molecule has 0 N–H and O–H groups in total. The van der Waals surface area contributed by atoms with Gasteiger partial charge in [-0.25, -0.2) is 0 Å². The Morgan fingerprint density at radius 2 is 2.11 bits per heavy atom. The number of aryl methyl sites for hydroxylation is 2. The second kappa shape index (κ2) is 4.75. The van der Waals surface area contributed by atoms with E-state index in [9.17, 15) is 4.79 Å². The summed E-state index contributed by atoms with van der Waals surface area (Å²) < 4.78 is 5.92. The predicted octanol–water partition coefficient (Wildman–Crippen LogP) is 3.84. The summed E-state index contributed by atoms with van der Waals surface area (Å²) in [6.07, 6.45) is 5.35. The summed E-state index contributed by atoms with van der Waals surface area (Å²) in [5.41, 5.74) is 3.24. The summed E-state index contributed by atoms with van der Waals surface area (Å²) in [5, 5.41) is 0. The largest absolute Gasteiger partial charge is 0.375 e. The van der Waals surface area contributed by atoms with Crippen LogP contribution in [0.4, 0.5) is 0 Å². The van der Waals surface area contributed by atoms with Crippen molar-refractivity contribution in [2.24, 2.45) is 5.92 Å². The fourth-order valence-electron chi connectivity index (χ4n) is 3.39. The van der Waals surface area contributed by atoms with E-state index in [1.54, 1.807) is 0 Å². The monoisotopic (exact) mass is 258 g/mol. The van der Waals surface area contributed by atoms with E-state index in [1.807, 2.05) is 19.9 Å². The average molecular weight is 258 g/mol. The molecule has 1 aromatic carbocycles. The van der Waals surface area contributed by atoms with Crippen molar-refractivity contribution in [2.75, 3.05) is 6.61 Å². The Morgan fingerprint density at radius 1 is 1.32 bits per heavy atom. The first kappa shape index (κ1) is 12.9. The molecule has 3 rings (SSSR count). The summed E-state index contributed by atoms with van der Waals surface area (Å²) in [4.78, 5) is 12.7. The van der Waals surface area contributed by atoms with Crippen molar-refractivity contribution >= 4 is 5.78 Å². The van der Waals surface area contributed by atoms with Crippen molar-refractivity contribution in [1.82, 2.24) is 0 Å². The number of rotatable bonds is 2. The third kappa shape index (κ3) is 2.34. The number of carbonyl (C=O) groups excluding carboxylic acids is 1. The van der Waals surface area contributed by atoms with E-state index in [4.69, 9.17) is 4.74 Å². The summed E-state index contributed by atoms with van der Waals surface area (Å²) in [5.74, 6) is 0.491. The normalized spacial score (nSPS) is 25.1. The third-order valence-corrected chi connectivity index (χ3v) is 4.79. The van der Waals surface area contributed by atoms with Gasteiger partial charge in [-0.05, 0) is 57.6 Å². The van der Waals surface area contributed by atoms with Gasteiger partial charge in [-0.3, -0.25) is 4.79 Å². The number of hydrogen-bond donors (Lipinski definition) is 0. The summed E-state index contributed by atoms with van der Waals surface area (Å²) in [6.45, 7) is 4.83. The number of Topliss-reactive ketones (excluding diaryl/α,β-unsaturated/α-hetero) is 1. The summed E-state index contributed by atoms with van der Waals surface area (Å²) >= 11 is 0. The van der Waals surface area contributed by atoms with E-state index in [0.717, 1.165) is 43.4 Å². The fourth-order valence-corrected chi connectivity index (χ4v) is 3.39. The average Bonchev–Trinajstić information content (AvgIpc) is 2.39. The van der Waals surface area contributed by atoms with Gasteiger partial charge in [-0.2, -0.15) is 0 Å². The van der Waals surface area contributed by atoms with E-state index in [2.05, 4.69) is 12.1 Å². The van der Waals surface area contributed by atoms with Crippen molar-refractivity contribution < 1.29 is 9.53 Å². The van der Waals surface area contributed by atoms with Gasteiger partial charge < -0.3 is 4.74 Å². The van der Waals surface area contributed by atoms with Crippen molar-refractivity contribution in [3.05, 3.63) is 34.9 Å². The topological polar surface area (TPSA) is 26.3 Å². The minimum absolute atomic E-state index is 0.0519. The highest BCUT2D eigenvalue weighted by Crippen LogP contribution is 2.45. The molecule has 0 bridgehead atoms. The zero-order chi connectivity index (χ0) is 13.5. The Hall–Kier alpha value is -1.15. The molecule has 19 heavy (non-hydrogen) atoms. The van der Waals surface area contributed by atoms with E-state index in [0.29, 0.717) is 5.78 Å². The molecule has 0 amide bonds. The number of ether oxygens (including phenoxy) is 1. The highest BCUT2D eigenvalue weighted by molar-refractivity contribution is 5.99. The lowest BCUT2D eigenvalue weighted by Gasteiger charge is -2.46. The lowest BCUT2D eigenvalue weighted by atomic mass is 9.70. The van der Waals surface area contributed by atoms with Gasteiger partial charge in [-0.15, -0.1) is 0 Å². The van der Waals surface area contributed by atoms with Gasteiger partial charge in [0.1, 0.15) is 0 Å². The molecule has 2 heteroatoms. The van der Waals surface area contributed by atoms with Crippen LogP contribution in [0.5, 0.6) is 0 Å². The van der Waals surface area contributed by atoms with Gasteiger partial charge in [0, 0.05) is 18.1 Å². The predicted molar refractivity (Wildman–Crippen MR) is 75.5 cm³/mol. The molecule has 1 saturated heterocycles. The van der Waals surface area contributed by atoms with Crippen LogP contribution in [0.15, 0.2) is 18.2 Å². The van der Waals surface area contributed by atoms with E-state index < -0.39 is 0 Å². The molecule has 1 heterocycles. The van der Waals surface area contributed by atoms with Crippen LogP contribution in [0, 0.1) is 19.8 Å². The number of benzene rings is 1.